The van der Waals surface area contributed by atoms with Gasteiger partial charge >= 0.3 is 0 Å². The van der Waals surface area contributed by atoms with Crippen molar-refractivity contribution in [2.24, 2.45) is 0 Å². The van der Waals surface area contributed by atoms with E-state index in [-0.39, 0.29) is 6.04 Å². The zero-order valence-electron chi connectivity index (χ0n) is 15.4. The summed E-state index contributed by atoms with van der Waals surface area (Å²) in [5, 5.41) is 7.07. The number of nitrogens with zero attached hydrogens (tertiary/aromatic N) is 4. The molecular formula is C19H21ClN6O. The minimum absolute atomic E-state index is 0.128. The van der Waals surface area contributed by atoms with Crippen LogP contribution in [0.4, 0.5) is 17.5 Å². The van der Waals surface area contributed by atoms with Crippen LogP contribution >= 0.6 is 11.6 Å². The molecular weight excluding hydrogens is 364 g/mol. The van der Waals surface area contributed by atoms with Gasteiger partial charge in [0.1, 0.15) is 12.1 Å². The molecule has 3 rings (SSSR count). The number of para-hydroxylation sites is 1. The number of methoxy groups -OCH3 is 1. The van der Waals surface area contributed by atoms with Crippen LogP contribution in [0.3, 0.4) is 0 Å². The summed E-state index contributed by atoms with van der Waals surface area (Å²) in [6.07, 6.45) is 3.18. The lowest BCUT2D eigenvalue weighted by molar-refractivity contribution is 0.190. The zero-order chi connectivity index (χ0) is 19.2. The van der Waals surface area contributed by atoms with Gasteiger partial charge in [-0.05, 0) is 31.5 Å². The molecule has 1 unspecified atom stereocenters. The maximum absolute atomic E-state index is 6.27. The summed E-state index contributed by atoms with van der Waals surface area (Å²) in [6, 6.07) is 9.48. The monoisotopic (exact) mass is 384 g/mol. The molecule has 7 nitrogen and oxygen atoms in total. The molecule has 0 fully saturated rings. The number of hydrogen-bond donors (Lipinski definition) is 2. The summed E-state index contributed by atoms with van der Waals surface area (Å²) in [5.41, 5.74) is 3.17. The van der Waals surface area contributed by atoms with Crippen molar-refractivity contribution < 1.29 is 4.74 Å². The van der Waals surface area contributed by atoms with E-state index in [0.717, 1.165) is 11.3 Å². The Morgan fingerprint density at radius 3 is 2.78 bits per heavy atom. The first-order valence-electron chi connectivity index (χ1n) is 8.50. The van der Waals surface area contributed by atoms with Crippen LogP contribution in [0.15, 0.2) is 42.9 Å². The van der Waals surface area contributed by atoms with Crippen LogP contribution in [0.2, 0.25) is 5.02 Å². The Kier molecular flexibility index (Phi) is 6.16. The zero-order valence-corrected chi connectivity index (χ0v) is 16.2. The van der Waals surface area contributed by atoms with Gasteiger partial charge in [-0.2, -0.15) is 0 Å². The van der Waals surface area contributed by atoms with Crippen LogP contribution in [0, 0.1) is 6.92 Å². The van der Waals surface area contributed by atoms with E-state index in [1.54, 1.807) is 19.4 Å². The van der Waals surface area contributed by atoms with Crippen molar-refractivity contribution in [1.29, 1.82) is 0 Å². The number of hydrogen-bond acceptors (Lipinski definition) is 7. The molecule has 0 bridgehead atoms. The molecule has 0 saturated carbocycles. The van der Waals surface area contributed by atoms with Crippen molar-refractivity contribution >= 4 is 29.1 Å². The van der Waals surface area contributed by atoms with Gasteiger partial charge in [-0.3, -0.25) is 0 Å². The summed E-state index contributed by atoms with van der Waals surface area (Å²) in [7, 11) is 1.67. The van der Waals surface area contributed by atoms with Gasteiger partial charge in [0.15, 0.2) is 0 Å². The molecule has 8 heteroatoms. The maximum atomic E-state index is 6.27. The van der Waals surface area contributed by atoms with E-state index >= 15 is 0 Å². The van der Waals surface area contributed by atoms with Crippen LogP contribution in [-0.2, 0) is 4.74 Å². The van der Waals surface area contributed by atoms with Gasteiger partial charge in [0.2, 0.25) is 5.95 Å². The third-order valence-electron chi connectivity index (χ3n) is 3.85. The lowest BCUT2D eigenvalue weighted by Gasteiger charge is -2.14. The Balaban J connectivity index is 1.83. The van der Waals surface area contributed by atoms with E-state index in [9.17, 15) is 0 Å². The number of ether oxygens (including phenoxy) is 1. The summed E-state index contributed by atoms with van der Waals surface area (Å²) in [4.78, 5) is 17.4. The molecule has 1 atom stereocenters. The fraction of sp³-hybridized carbons (Fsp3) is 0.263. The van der Waals surface area contributed by atoms with E-state index < -0.39 is 0 Å². The molecule has 0 saturated heterocycles. The summed E-state index contributed by atoms with van der Waals surface area (Å²) >= 11 is 6.27. The molecule has 0 aliphatic rings. The van der Waals surface area contributed by atoms with E-state index in [1.165, 1.54) is 6.33 Å². The fourth-order valence-electron chi connectivity index (χ4n) is 2.58. The average Bonchev–Trinajstić information content (AvgIpc) is 2.65. The second kappa shape index (κ2) is 8.75. The number of nitrogens with one attached hydrogen (secondary N) is 2. The lowest BCUT2D eigenvalue weighted by Crippen LogP contribution is -2.21. The van der Waals surface area contributed by atoms with Crippen LogP contribution in [0.5, 0.6) is 0 Å². The SMILES string of the molecule is COCC(C)Nc1cc(-c2ccnc(Nc3c(C)cccc3Cl)n2)ncn1. The Morgan fingerprint density at radius 1 is 1.15 bits per heavy atom. The van der Waals surface area contributed by atoms with Crippen molar-refractivity contribution in [3.63, 3.8) is 0 Å². The maximum Gasteiger partial charge on any atom is 0.227 e. The Hall–Kier alpha value is -2.77. The number of rotatable bonds is 7. The highest BCUT2D eigenvalue weighted by atomic mass is 35.5. The third-order valence-corrected chi connectivity index (χ3v) is 4.17. The normalized spacial score (nSPS) is 11.9. The van der Waals surface area contributed by atoms with Gasteiger partial charge in [-0.1, -0.05) is 23.7 Å². The predicted molar refractivity (Wildman–Crippen MR) is 107 cm³/mol. The van der Waals surface area contributed by atoms with Gasteiger partial charge in [0, 0.05) is 25.4 Å². The first-order chi connectivity index (χ1) is 13.1. The molecule has 27 heavy (non-hydrogen) atoms. The van der Waals surface area contributed by atoms with Gasteiger partial charge < -0.3 is 15.4 Å². The lowest BCUT2D eigenvalue weighted by atomic mass is 10.2. The van der Waals surface area contributed by atoms with E-state index in [1.807, 2.05) is 38.1 Å². The molecule has 0 radical (unpaired) electrons. The average molecular weight is 385 g/mol. The van der Waals surface area contributed by atoms with Crippen molar-refractivity contribution in [2.75, 3.05) is 24.4 Å². The Labute approximate surface area is 163 Å². The Morgan fingerprint density at radius 2 is 2.00 bits per heavy atom. The molecule has 2 aromatic heterocycles. The van der Waals surface area contributed by atoms with Gasteiger partial charge in [-0.25, -0.2) is 19.9 Å². The summed E-state index contributed by atoms with van der Waals surface area (Å²) < 4.78 is 5.14. The quantitative estimate of drug-likeness (QED) is 0.634. The second-order valence-corrected chi connectivity index (χ2v) is 6.52. The standard InChI is InChI=1S/C19H21ClN6O/c1-12-5-4-6-14(20)18(12)26-19-21-8-7-15(25-19)16-9-17(23-11-22-16)24-13(2)10-27-3/h4-9,11,13H,10H2,1-3H3,(H,21,25,26)(H,22,23,24). The van der Waals surface area contributed by atoms with Gasteiger partial charge in [-0.15, -0.1) is 0 Å². The first kappa shape index (κ1) is 19.0. The van der Waals surface area contributed by atoms with Gasteiger partial charge in [0.25, 0.3) is 0 Å². The van der Waals surface area contributed by atoms with Crippen molar-refractivity contribution in [3.8, 4) is 11.4 Å². The molecule has 0 spiro atoms. The van der Waals surface area contributed by atoms with Gasteiger partial charge in [0.05, 0.1) is 28.7 Å². The molecule has 140 valence electrons. The number of benzene rings is 1. The molecule has 2 heterocycles. The number of anilines is 3. The highest BCUT2D eigenvalue weighted by Gasteiger charge is 2.10. The van der Waals surface area contributed by atoms with Crippen molar-refractivity contribution in [2.45, 2.75) is 19.9 Å². The topological polar surface area (TPSA) is 84.9 Å². The van der Waals surface area contributed by atoms with Crippen LogP contribution in [0.1, 0.15) is 12.5 Å². The highest BCUT2D eigenvalue weighted by Crippen LogP contribution is 2.28. The third kappa shape index (κ3) is 4.90. The van der Waals surface area contributed by atoms with Crippen LogP contribution < -0.4 is 10.6 Å². The Bertz CT molecular complexity index is 900. The smallest absolute Gasteiger partial charge is 0.227 e. The molecule has 1 aromatic carbocycles. The molecule has 0 amide bonds. The van der Waals surface area contributed by atoms with Crippen molar-refractivity contribution in [3.05, 3.63) is 53.4 Å². The van der Waals surface area contributed by atoms with E-state index in [2.05, 4.69) is 30.6 Å². The minimum atomic E-state index is 0.128. The van der Waals surface area contributed by atoms with E-state index in [4.69, 9.17) is 16.3 Å². The predicted octanol–water partition coefficient (Wildman–Crippen LogP) is 4.09. The van der Waals surface area contributed by atoms with Crippen LogP contribution in [-0.4, -0.2) is 39.7 Å². The number of aryl methyl sites for hydroxylation is 1. The minimum Gasteiger partial charge on any atom is -0.383 e. The summed E-state index contributed by atoms with van der Waals surface area (Å²) in [5.74, 6) is 1.16. The fourth-order valence-corrected chi connectivity index (χ4v) is 2.85. The highest BCUT2D eigenvalue weighted by molar-refractivity contribution is 6.33. The van der Waals surface area contributed by atoms with Crippen LogP contribution in [0.25, 0.3) is 11.4 Å². The molecule has 0 aliphatic heterocycles. The number of aromatic nitrogens is 4. The molecule has 0 aliphatic carbocycles. The summed E-state index contributed by atoms with van der Waals surface area (Å²) in [6.45, 7) is 4.57. The largest absolute Gasteiger partial charge is 0.383 e. The van der Waals surface area contributed by atoms with E-state index in [0.29, 0.717) is 34.8 Å². The number of halogens is 1. The first-order valence-corrected chi connectivity index (χ1v) is 8.87. The molecule has 2 N–H and O–H groups in total. The molecule has 3 aromatic rings. The van der Waals surface area contributed by atoms with Crippen molar-refractivity contribution in [1.82, 2.24) is 19.9 Å². The second-order valence-electron chi connectivity index (χ2n) is 6.11.